The minimum absolute atomic E-state index is 0.0243. The first-order valence-electron chi connectivity index (χ1n) is 9.26. The Morgan fingerprint density at radius 2 is 1.45 bits per heavy atom. The Hall–Kier alpha value is -2.88. The first kappa shape index (κ1) is 24.4. The third-order valence-corrected chi connectivity index (χ3v) is 5.00. The van der Waals surface area contributed by atoms with Crippen molar-refractivity contribution in [2.24, 2.45) is 0 Å². The molecule has 31 heavy (non-hydrogen) atoms. The van der Waals surface area contributed by atoms with Gasteiger partial charge in [-0.1, -0.05) is 6.07 Å². The van der Waals surface area contributed by atoms with Crippen molar-refractivity contribution in [2.45, 2.75) is 53.0 Å². The summed E-state index contributed by atoms with van der Waals surface area (Å²) < 4.78 is 54.4. The smallest absolute Gasteiger partial charge is 0.416 e. The van der Waals surface area contributed by atoms with Crippen molar-refractivity contribution in [3.05, 3.63) is 50.7 Å². The summed E-state index contributed by atoms with van der Waals surface area (Å²) in [4.78, 5) is 37.3. The normalized spacial score (nSPS) is 11.5. The molecule has 2 rings (SSSR count). The van der Waals surface area contributed by atoms with E-state index in [9.17, 15) is 27.6 Å². The van der Waals surface area contributed by atoms with Crippen LogP contribution in [0, 0.1) is 6.92 Å². The molecule has 168 valence electrons. The van der Waals surface area contributed by atoms with Gasteiger partial charge in [0.1, 0.15) is 4.88 Å². The van der Waals surface area contributed by atoms with Crippen LogP contribution in [-0.2, 0) is 15.7 Å². The second-order valence-electron chi connectivity index (χ2n) is 7.09. The number of esters is 3. The zero-order valence-electron chi connectivity index (χ0n) is 17.5. The van der Waals surface area contributed by atoms with E-state index in [2.05, 4.69) is 0 Å². The lowest BCUT2D eigenvalue weighted by atomic mass is 10.1. The molecule has 10 heteroatoms. The van der Waals surface area contributed by atoms with E-state index in [1.54, 1.807) is 27.7 Å². The van der Waals surface area contributed by atoms with Crippen LogP contribution in [0.3, 0.4) is 0 Å². The van der Waals surface area contributed by atoms with Gasteiger partial charge in [0.15, 0.2) is 10.6 Å². The van der Waals surface area contributed by atoms with Crippen molar-refractivity contribution in [3.8, 4) is 5.75 Å². The van der Waals surface area contributed by atoms with Crippen LogP contribution in [0.5, 0.6) is 5.75 Å². The topological polar surface area (TPSA) is 78.9 Å². The molecule has 1 aromatic heterocycles. The predicted molar refractivity (Wildman–Crippen MR) is 107 cm³/mol. The van der Waals surface area contributed by atoms with Gasteiger partial charge in [0, 0.05) is 5.56 Å². The first-order valence-corrected chi connectivity index (χ1v) is 10.1. The lowest BCUT2D eigenvalue weighted by Crippen LogP contribution is -2.15. The Labute approximate surface area is 180 Å². The van der Waals surface area contributed by atoms with Crippen molar-refractivity contribution < 1.29 is 41.8 Å². The summed E-state index contributed by atoms with van der Waals surface area (Å²) in [7, 11) is 0. The Kier molecular flexibility index (Phi) is 7.48. The number of thiophene rings is 1. The lowest BCUT2D eigenvalue weighted by molar-refractivity contribution is -0.137. The fraction of sp³-hybridized carbons (Fsp3) is 0.381. The Morgan fingerprint density at radius 3 is 1.97 bits per heavy atom. The third kappa shape index (κ3) is 6.06. The fourth-order valence-electron chi connectivity index (χ4n) is 2.46. The average molecular weight is 458 g/mol. The van der Waals surface area contributed by atoms with E-state index in [-0.39, 0.29) is 26.6 Å². The Morgan fingerprint density at radius 1 is 0.903 bits per heavy atom. The summed E-state index contributed by atoms with van der Waals surface area (Å²) in [6.45, 7) is 7.95. The molecule has 0 N–H and O–H groups in total. The molecule has 0 amide bonds. The zero-order valence-corrected chi connectivity index (χ0v) is 18.3. The van der Waals surface area contributed by atoms with Gasteiger partial charge in [-0.2, -0.15) is 13.2 Å². The number of ether oxygens (including phenoxy) is 3. The number of carbonyl (C=O) groups excluding carboxylic acids is 3. The molecule has 2 aromatic rings. The molecular formula is C21H21F3O6S. The second kappa shape index (κ2) is 9.51. The molecule has 0 unspecified atom stereocenters. The molecule has 0 spiro atoms. The van der Waals surface area contributed by atoms with E-state index in [1.165, 1.54) is 6.92 Å². The molecular weight excluding hydrogens is 437 g/mol. The SMILES string of the molecule is Cc1c(C(=O)OC(C)C)sc(C(=O)OC(C)C)c1OC(=O)c1cccc(C(F)(F)F)c1. The summed E-state index contributed by atoms with van der Waals surface area (Å²) in [5.41, 5.74) is -1.24. The summed E-state index contributed by atoms with van der Waals surface area (Å²) >= 11 is 0.725. The lowest BCUT2D eigenvalue weighted by Gasteiger charge is -2.11. The van der Waals surface area contributed by atoms with Gasteiger partial charge in [0.25, 0.3) is 0 Å². The predicted octanol–water partition coefficient (Wildman–Crippen LogP) is 5.42. The average Bonchev–Trinajstić information content (AvgIpc) is 2.97. The molecule has 1 heterocycles. The zero-order chi connectivity index (χ0) is 23.5. The summed E-state index contributed by atoms with van der Waals surface area (Å²) in [6.07, 6.45) is -5.57. The molecule has 0 radical (unpaired) electrons. The van der Waals surface area contributed by atoms with Gasteiger partial charge in [0.05, 0.1) is 23.3 Å². The number of benzene rings is 1. The molecule has 0 fully saturated rings. The maximum atomic E-state index is 12.9. The molecule has 0 saturated heterocycles. The maximum Gasteiger partial charge on any atom is 0.416 e. The van der Waals surface area contributed by atoms with Gasteiger partial charge in [-0.05, 0) is 52.8 Å². The summed E-state index contributed by atoms with van der Waals surface area (Å²) in [5, 5.41) is 0. The highest BCUT2D eigenvalue weighted by molar-refractivity contribution is 7.16. The van der Waals surface area contributed by atoms with E-state index in [0.29, 0.717) is 6.07 Å². The van der Waals surface area contributed by atoms with Gasteiger partial charge in [0.2, 0.25) is 0 Å². The number of hydrogen-bond acceptors (Lipinski definition) is 7. The Bertz CT molecular complexity index is 991. The number of rotatable bonds is 6. The summed E-state index contributed by atoms with van der Waals surface area (Å²) in [6, 6.07) is 3.68. The maximum absolute atomic E-state index is 12.9. The van der Waals surface area contributed by atoms with Gasteiger partial charge >= 0.3 is 24.1 Å². The minimum atomic E-state index is -4.64. The van der Waals surface area contributed by atoms with Crippen molar-refractivity contribution in [1.82, 2.24) is 0 Å². The third-order valence-electron chi connectivity index (χ3n) is 3.77. The number of halogens is 3. The standard InChI is InChI=1S/C21H21F3O6S/c1-10(2)28-19(26)16-12(5)15(17(31-16)20(27)29-11(3)4)30-18(25)13-7-6-8-14(9-13)21(22,23)24/h6-11H,1-5H3. The molecule has 0 bridgehead atoms. The first-order chi connectivity index (χ1) is 14.3. The van der Waals surface area contributed by atoms with E-state index in [0.717, 1.165) is 29.5 Å². The van der Waals surface area contributed by atoms with Crippen LogP contribution < -0.4 is 4.74 Å². The highest BCUT2D eigenvalue weighted by Gasteiger charge is 2.32. The number of alkyl halides is 3. The molecule has 0 saturated carbocycles. The van der Waals surface area contributed by atoms with Gasteiger partial charge in [-0.15, -0.1) is 11.3 Å². The molecule has 0 atom stereocenters. The van der Waals surface area contributed by atoms with E-state index >= 15 is 0 Å². The van der Waals surface area contributed by atoms with Gasteiger partial charge < -0.3 is 14.2 Å². The van der Waals surface area contributed by atoms with Crippen molar-refractivity contribution in [3.63, 3.8) is 0 Å². The van der Waals surface area contributed by atoms with Crippen LogP contribution in [0.4, 0.5) is 13.2 Å². The molecule has 1 aromatic carbocycles. The monoisotopic (exact) mass is 458 g/mol. The van der Waals surface area contributed by atoms with E-state index in [4.69, 9.17) is 14.2 Å². The highest BCUT2D eigenvalue weighted by atomic mass is 32.1. The van der Waals surface area contributed by atoms with E-state index < -0.39 is 41.9 Å². The van der Waals surface area contributed by atoms with E-state index in [1.807, 2.05) is 0 Å². The van der Waals surface area contributed by atoms with Gasteiger partial charge in [-0.25, -0.2) is 14.4 Å². The minimum Gasteiger partial charge on any atom is -0.459 e. The van der Waals surface area contributed by atoms with Crippen molar-refractivity contribution >= 4 is 29.2 Å². The van der Waals surface area contributed by atoms with Crippen LogP contribution in [0.2, 0.25) is 0 Å². The van der Waals surface area contributed by atoms with Crippen LogP contribution in [0.15, 0.2) is 24.3 Å². The van der Waals surface area contributed by atoms with Crippen molar-refractivity contribution in [2.75, 3.05) is 0 Å². The van der Waals surface area contributed by atoms with Crippen molar-refractivity contribution in [1.29, 1.82) is 0 Å². The van der Waals surface area contributed by atoms with Crippen LogP contribution >= 0.6 is 11.3 Å². The molecule has 0 aliphatic heterocycles. The number of hydrogen-bond donors (Lipinski definition) is 0. The fourth-order valence-corrected chi connectivity index (χ4v) is 3.46. The molecule has 0 aliphatic carbocycles. The van der Waals surface area contributed by atoms with Gasteiger partial charge in [-0.3, -0.25) is 0 Å². The highest BCUT2D eigenvalue weighted by Crippen LogP contribution is 2.37. The Balaban J connectivity index is 2.46. The largest absolute Gasteiger partial charge is 0.459 e. The van der Waals surface area contributed by atoms with Crippen LogP contribution in [0.1, 0.15) is 68.5 Å². The van der Waals surface area contributed by atoms with Crippen LogP contribution in [0.25, 0.3) is 0 Å². The summed E-state index contributed by atoms with van der Waals surface area (Å²) in [5.74, 6) is -2.93. The second-order valence-corrected chi connectivity index (χ2v) is 8.11. The number of carbonyl (C=O) groups is 3. The quantitative estimate of drug-likeness (QED) is 0.538. The molecule has 6 nitrogen and oxygen atoms in total. The molecule has 0 aliphatic rings. The van der Waals surface area contributed by atoms with Crippen LogP contribution in [-0.4, -0.2) is 30.1 Å².